The summed E-state index contributed by atoms with van der Waals surface area (Å²) in [5.74, 6) is 0. The molecule has 2 aromatic heterocycles. The molecular weight excluding hydrogens is 226 g/mol. The molecule has 0 aliphatic heterocycles. The second kappa shape index (κ2) is 5.35. The first-order chi connectivity index (χ1) is 8.67. The second-order valence-corrected chi connectivity index (χ2v) is 4.44. The van der Waals surface area contributed by atoms with Gasteiger partial charge in [0.1, 0.15) is 0 Å². The number of hydrogen-bond donors (Lipinski definition) is 1. The maximum absolute atomic E-state index is 5.67. The number of hydrogen-bond acceptors (Lipinski definition) is 3. The lowest BCUT2D eigenvalue weighted by Gasteiger charge is -2.04. The fourth-order valence-electron chi connectivity index (χ4n) is 2.10. The zero-order chi connectivity index (χ0) is 13.1. The summed E-state index contributed by atoms with van der Waals surface area (Å²) in [6.45, 7) is 8.40. The SMILES string of the molecule is CCc1cc(Cn2cc(CN)c(C)n2)n(CC)n1. The van der Waals surface area contributed by atoms with Crippen LogP contribution in [0.15, 0.2) is 12.3 Å². The van der Waals surface area contributed by atoms with Crippen molar-refractivity contribution >= 4 is 0 Å². The molecule has 0 atom stereocenters. The summed E-state index contributed by atoms with van der Waals surface area (Å²) in [5.41, 5.74) is 10.1. The van der Waals surface area contributed by atoms with E-state index in [0.29, 0.717) is 6.54 Å². The van der Waals surface area contributed by atoms with Gasteiger partial charge in [0.15, 0.2) is 0 Å². The zero-order valence-corrected chi connectivity index (χ0v) is 11.3. The van der Waals surface area contributed by atoms with E-state index in [1.54, 1.807) is 0 Å². The third-order valence-corrected chi connectivity index (χ3v) is 3.17. The van der Waals surface area contributed by atoms with Crippen LogP contribution in [0.25, 0.3) is 0 Å². The number of nitrogens with zero attached hydrogens (tertiary/aromatic N) is 4. The summed E-state index contributed by atoms with van der Waals surface area (Å²) in [6.07, 6.45) is 2.99. The van der Waals surface area contributed by atoms with Gasteiger partial charge in [0.2, 0.25) is 0 Å². The van der Waals surface area contributed by atoms with E-state index in [1.165, 1.54) is 5.69 Å². The van der Waals surface area contributed by atoms with Crippen LogP contribution in [0.4, 0.5) is 0 Å². The monoisotopic (exact) mass is 247 g/mol. The minimum Gasteiger partial charge on any atom is -0.326 e. The molecule has 0 aliphatic rings. The third kappa shape index (κ3) is 2.46. The van der Waals surface area contributed by atoms with Crippen LogP contribution in [0.2, 0.25) is 0 Å². The van der Waals surface area contributed by atoms with Crippen molar-refractivity contribution < 1.29 is 0 Å². The Bertz CT molecular complexity index is 523. The molecule has 0 fully saturated rings. The minimum atomic E-state index is 0.541. The Hall–Kier alpha value is -1.62. The Morgan fingerprint density at radius 2 is 2.06 bits per heavy atom. The number of aryl methyl sites for hydroxylation is 3. The van der Waals surface area contributed by atoms with Gasteiger partial charge >= 0.3 is 0 Å². The van der Waals surface area contributed by atoms with Gasteiger partial charge in [0.05, 0.1) is 23.6 Å². The predicted molar refractivity (Wildman–Crippen MR) is 71.2 cm³/mol. The summed E-state index contributed by atoms with van der Waals surface area (Å²) < 4.78 is 3.98. The smallest absolute Gasteiger partial charge is 0.0828 e. The average molecular weight is 247 g/mol. The Balaban J connectivity index is 2.24. The first-order valence-electron chi connectivity index (χ1n) is 6.46. The fourth-order valence-corrected chi connectivity index (χ4v) is 2.10. The molecule has 0 bridgehead atoms. The van der Waals surface area contributed by atoms with Crippen LogP contribution in [0, 0.1) is 6.92 Å². The maximum Gasteiger partial charge on any atom is 0.0828 e. The van der Waals surface area contributed by atoms with E-state index in [4.69, 9.17) is 5.73 Å². The first kappa shape index (κ1) is 12.8. The van der Waals surface area contributed by atoms with Crippen molar-refractivity contribution in [1.82, 2.24) is 19.6 Å². The van der Waals surface area contributed by atoms with Crippen LogP contribution >= 0.6 is 0 Å². The lowest BCUT2D eigenvalue weighted by molar-refractivity contribution is 0.572. The van der Waals surface area contributed by atoms with E-state index in [-0.39, 0.29) is 0 Å². The van der Waals surface area contributed by atoms with Crippen LogP contribution in [0.3, 0.4) is 0 Å². The highest BCUT2D eigenvalue weighted by Gasteiger charge is 2.08. The van der Waals surface area contributed by atoms with E-state index in [2.05, 4.69) is 30.1 Å². The molecule has 0 saturated carbocycles. The predicted octanol–water partition coefficient (Wildman–Crippen LogP) is 1.48. The van der Waals surface area contributed by atoms with Crippen LogP contribution in [0.1, 0.15) is 36.5 Å². The number of nitrogens with two attached hydrogens (primary N) is 1. The first-order valence-corrected chi connectivity index (χ1v) is 6.46. The average Bonchev–Trinajstić information content (AvgIpc) is 2.92. The molecule has 0 saturated heterocycles. The molecule has 5 nitrogen and oxygen atoms in total. The van der Waals surface area contributed by atoms with Gasteiger partial charge in [-0.15, -0.1) is 0 Å². The maximum atomic E-state index is 5.67. The van der Waals surface area contributed by atoms with Crippen LogP contribution < -0.4 is 5.73 Å². The molecule has 0 spiro atoms. The number of aromatic nitrogens is 4. The lowest BCUT2D eigenvalue weighted by Crippen LogP contribution is -2.08. The van der Waals surface area contributed by atoms with Crippen molar-refractivity contribution in [3.63, 3.8) is 0 Å². The van der Waals surface area contributed by atoms with Crippen molar-refractivity contribution in [3.8, 4) is 0 Å². The van der Waals surface area contributed by atoms with Gasteiger partial charge in [-0.25, -0.2) is 0 Å². The van der Waals surface area contributed by atoms with Crippen LogP contribution in [0.5, 0.6) is 0 Å². The van der Waals surface area contributed by atoms with Gasteiger partial charge in [-0.1, -0.05) is 6.92 Å². The van der Waals surface area contributed by atoms with Gasteiger partial charge in [-0.3, -0.25) is 9.36 Å². The highest BCUT2D eigenvalue weighted by Crippen LogP contribution is 2.10. The Kier molecular flexibility index (Phi) is 3.81. The van der Waals surface area contributed by atoms with Crippen molar-refractivity contribution in [2.75, 3.05) is 0 Å². The fraction of sp³-hybridized carbons (Fsp3) is 0.538. The molecule has 0 radical (unpaired) electrons. The topological polar surface area (TPSA) is 61.7 Å². The molecule has 2 rings (SSSR count). The molecule has 2 N–H and O–H groups in total. The molecular formula is C13H21N5. The molecule has 2 heterocycles. The summed E-state index contributed by atoms with van der Waals surface area (Å²) >= 11 is 0. The van der Waals surface area contributed by atoms with E-state index in [9.17, 15) is 0 Å². The normalized spacial score (nSPS) is 11.1. The summed E-state index contributed by atoms with van der Waals surface area (Å²) in [4.78, 5) is 0. The lowest BCUT2D eigenvalue weighted by atomic mass is 10.3. The summed E-state index contributed by atoms with van der Waals surface area (Å²) in [7, 11) is 0. The molecule has 5 heteroatoms. The molecule has 0 unspecified atom stereocenters. The second-order valence-electron chi connectivity index (χ2n) is 4.44. The quantitative estimate of drug-likeness (QED) is 0.870. The van der Waals surface area contributed by atoms with Crippen molar-refractivity contribution in [1.29, 1.82) is 0 Å². The van der Waals surface area contributed by atoms with Gasteiger partial charge in [0.25, 0.3) is 0 Å². The third-order valence-electron chi connectivity index (χ3n) is 3.17. The highest BCUT2D eigenvalue weighted by molar-refractivity contribution is 5.16. The molecule has 98 valence electrons. The van der Waals surface area contributed by atoms with Crippen molar-refractivity contribution in [2.45, 2.75) is 46.8 Å². The largest absolute Gasteiger partial charge is 0.326 e. The molecule has 2 aromatic rings. The summed E-state index contributed by atoms with van der Waals surface area (Å²) in [5, 5.41) is 9.03. The zero-order valence-electron chi connectivity index (χ0n) is 11.3. The molecule has 0 aliphatic carbocycles. The van der Waals surface area contributed by atoms with Gasteiger partial charge in [0, 0.05) is 24.8 Å². The molecule has 0 amide bonds. The van der Waals surface area contributed by atoms with Crippen LogP contribution in [-0.4, -0.2) is 19.6 Å². The molecule has 0 aromatic carbocycles. The van der Waals surface area contributed by atoms with E-state index in [0.717, 1.165) is 36.5 Å². The van der Waals surface area contributed by atoms with E-state index < -0.39 is 0 Å². The van der Waals surface area contributed by atoms with Crippen molar-refractivity contribution in [3.05, 3.63) is 34.9 Å². The van der Waals surface area contributed by atoms with Gasteiger partial charge in [-0.2, -0.15) is 10.2 Å². The standard InChI is InChI=1S/C13H21N5/c1-4-12-6-13(18(5-2)16-12)9-17-8-11(7-14)10(3)15-17/h6,8H,4-5,7,9,14H2,1-3H3. The highest BCUT2D eigenvalue weighted by atomic mass is 15.3. The minimum absolute atomic E-state index is 0.541. The van der Waals surface area contributed by atoms with Gasteiger partial charge in [-0.05, 0) is 26.3 Å². The Labute approximate surface area is 108 Å². The number of rotatable bonds is 5. The van der Waals surface area contributed by atoms with Gasteiger partial charge < -0.3 is 5.73 Å². The van der Waals surface area contributed by atoms with E-state index >= 15 is 0 Å². The Morgan fingerprint density at radius 1 is 1.28 bits per heavy atom. The summed E-state index contributed by atoms with van der Waals surface area (Å²) in [6, 6.07) is 2.16. The van der Waals surface area contributed by atoms with Crippen LogP contribution in [-0.2, 0) is 26.1 Å². The molecule has 18 heavy (non-hydrogen) atoms. The van der Waals surface area contributed by atoms with E-state index in [1.807, 2.05) is 22.5 Å². The Morgan fingerprint density at radius 3 is 2.61 bits per heavy atom. The van der Waals surface area contributed by atoms with Crippen molar-refractivity contribution in [2.24, 2.45) is 5.73 Å².